The molecule has 0 radical (unpaired) electrons. The zero-order chi connectivity index (χ0) is 21.3. The molecule has 1 atom stereocenters. The highest BCUT2D eigenvalue weighted by molar-refractivity contribution is 7.07. The molecule has 1 aliphatic rings. The maximum atomic E-state index is 13.4. The van der Waals surface area contributed by atoms with Crippen molar-refractivity contribution >= 4 is 23.4 Å². The normalized spacial score (nSPS) is 16.2. The highest BCUT2D eigenvalue weighted by Gasteiger charge is 2.33. The Kier molecular flexibility index (Phi) is 5.46. The molecule has 3 aromatic rings. The first-order valence-electron chi connectivity index (χ1n) is 9.66. The molecule has 152 valence electrons. The van der Waals surface area contributed by atoms with E-state index < -0.39 is 12.0 Å². The number of ether oxygens (including phenoxy) is 1. The first-order valence-corrected chi connectivity index (χ1v) is 10.5. The molecule has 7 heteroatoms. The Balaban J connectivity index is 1.96. The fraction of sp³-hybridized carbons (Fsp3) is 0.217. The molecule has 30 heavy (non-hydrogen) atoms. The number of nitrogens with zero attached hydrogens (tertiary/aromatic N) is 3. The van der Waals surface area contributed by atoms with E-state index in [1.807, 2.05) is 43.3 Å². The number of allylic oxidation sites excluding steroid dienone is 1. The van der Waals surface area contributed by atoms with Crippen molar-refractivity contribution in [2.24, 2.45) is 4.99 Å². The van der Waals surface area contributed by atoms with Crippen LogP contribution in [-0.2, 0) is 9.53 Å². The van der Waals surface area contributed by atoms with Gasteiger partial charge in [0.2, 0.25) is 0 Å². The molecule has 0 saturated carbocycles. The molecular formula is C23H21N3O3S. The van der Waals surface area contributed by atoms with Gasteiger partial charge < -0.3 is 4.74 Å². The summed E-state index contributed by atoms with van der Waals surface area (Å²) in [6, 6.07) is 10.9. The van der Waals surface area contributed by atoms with Gasteiger partial charge in [-0.25, -0.2) is 9.79 Å². The van der Waals surface area contributed by atoms with Gasteiger partial charge in [-0.05, 0) is 44.0 Å². The zero-order valence-corrected chi connectivity index (χ0v) is 17.8. The molecule has 6 nitrogen and oxygen atoms in total. The van der Waals surface area contributed by atoms with Gasteiger partial charge in [-0.15, -0.1) is 0 Å². The van der Waals surface area contributed by atoms with Gasteiger partial charge in [0.25, 0.3) is 5.56 Å². The number of benzene rings is 1. The summed E-state index contributed by atoms with van der Waals surface area (Å²) in [5, 5.41) is 0. The highest BCUT2D eigenvalue weighted by Crippen LogP contribution is 2.30. The molecule has 0 unspecified atom stereocenters. The van der Waals surface area contributed by atoms with Crippen LogP contribution in [0.5, 0.6) is 0 Å². The summed E-state index contributed by atoms with van der Waals surface area (Å²) in [4.78, 5) is 35.4. The molecule has 4 rings (SSSR count). The van der Waals surface area contributed by atoms with Crippen LogP contribution in [0, 0.1) is 6.92 Å². The minimum absolute atomic E-state index is 0.192. The van der Waals surface area contributed by atoms with Gasteiger partial charge in [0.15, 0.2) is 4.80 Å². The van der Waals surface area contributed by atoms with Gasteiger partial charge in [0.05, 0.1) is 28.5 Å². The summed E-state index contributed by atoms with van der Waals surface area (Å²) in [6.45, 7) is 5.79. The van der Waals surface area contributed by atoms with Crippen LogP contribution in [0.1, 0.15) is 36.6 Å². The number of aromatic nitrogens is 2. The molecular weight excluding hydrogens is 398 g/mol. The van der Waals surface area contributed by atoms with Crippen molar-refractivity contribution in [1.82, 2.24) is 9.55 Å². The summed E-state index contributed by atoms with van der Waals surface area (Å²) in [6.07, 6.45) is 5.18. The standard InChI is InChI=1S/C23H21N3O3S/c1-4-29-22(28)19-15(3)25-23-26(20(19)17-9-7-14(2)8-10-17)21(27)18(30-23)12-16-6-5-11-24-13-16/h5-13,20H,4H2,1-3H3/b18-12-/t20-/m1/s1. The Morgan fingerprint density at radius 3 is 2.67 bits per heavy atom. The van der Waals surface area contributed by atoms with E-state index in [4.69, 9.17) is 4.74 Å². The fourth-order valence-electron chi connectivity index (χ4n) is 3.47. The predicted molar refractivity (Wildman–Crippen MR) is 116 cm³/mol. The van der Waals surface area contributed by atoms with Crippen LogP contribution in [-0.4, -0.2) is 22.1 Å². The first kappa shape index (κ1) is 20.0. The average molecular weight is 420 g/mol. The molecule has 2 aromatic heterocycles. The molecule has 0 fully saturated rings. The Morgan fingerprint density at radius 1 is 1.23 bits per heavy atom. The third kappa shape index (κ3) is 3.64. The number of hydrogen-bond acceptors (Lipinski definition) is 6. The fourth-order valence-corrected chi connectivity index (χ4v) is 4.51. The highest BCUT2D eigenvalue weighted by atomic mass is 32.1. The summed E-state index contributed by atoms with van der Waals surface area (Å²) >= 11 is 1.30. The molecule has 1 aliphatic heterocycles. The van der Waals surface area contributed by atoms with Gasteiger partial charge in [-0.2, -0.15) is 0 Å². The third-order valence-corrected chi connectivity index (χ3v) is 5.88. The monoisotopic (exact) mass is 419 g/mol. The Bertz CT molecular complexity index is 1300. The number of thiazole rings is 1. The van der Waals surface area contributed by atoms with Crippen LogP contribution in [0.3, 0.4) is 0 Å². The topological polar surface area (TPSA) is 73.6 Å². The molecule has 0 bridgehead atoms. The van der Waals surface area contributed by atoms with E-state index in [-0.39, 0.29) is 12.2 Å². The summed E-state index contributed by atoms with van der Waals surface area (Å²) in [7, 11) is 0. The lowest BCUT2D eigenvalue weighted by Gasteiger charge is -2.24. The number of pyridine rings is 1. The quantitative estimate of drug-likeness (QED) is 0.609. The largest absolute Gasteiger partial charge is 0.463 e. The Hall–Kier alpha value is -3.32. The minimum Gasteiger partial charge on any atom is -0.463 e. The number of hydrogen-bond donors (Lipinski definition) is 0. The van der Waals surface area contributed by atoms with Crippen LogP contribution in [0.15, 0.2) is 69.8 Å². The summed E-state index contributed by atoms with van der Waals surface area (Å²) in [5.74, 6) is -0.453. The first-order chi connectivity index (χ1) is 14.5. The smallest absolute Gasteiger partial charge is 0.338 e. The molecule has 3 heterocycles. The molecule has 0 aliphatic carbocycles. The predicted octanol–water partition coefficient (Wildman–Crippen LogP) is 2.50. The maximum Gasteiger partial charge on any atom is 0.338 e. The SMILES string of the molecule is CCOC(=O)C1=C(C)N=c2s/c(=C\c3cccnc3)c(=O)n2[C@@H]1c1ccc(C)cc1. The van der Waals surface area contributed by atoms with Crippen molar-refractivity contribution in [3.05, 3.63) is 96.4 Å². The van der Waals surface area contributed by atoms with Gasteiger partial charge >= 0.3 is 5.97 Å². The van der Waals surface area contributed by atoms with Gasteiger partial charge in [0, 0.05) is 12.4 Å². The van der Waals surface area contributed by atoms with E-state index in [1.54, 1.807) is 36.9 Å². The van der Waals surface area contributed by atoms with Crippen LogP contribution < -0.4 is 14.9 Å². The van der Waals surface area contributed by atoms with Crippen LogP contribution in [0.2, 0.25) is 0 Å². The van der Waals surface area contributed by atoms with Crippen LogP contribution in [0.4, 0.5) is 0 Å². The second-order valence-corrected chi connectivity index (χ2v) is 8.01. The van der Waals surface area contributed by atoms with Gasteiger partial charge in [0.1, 0.15) is 0 Å². The van der Waals surface area contributed by atoms with E-state index in [0.717, 1.165) is 16.7 Å². The van der Waals surface area contributed by atoms with Gasteiger partial charge in [-0.3, -0.25) is 14.3 Å². The number of fused-ring (bicyclic) bond motifs is 1. The zero-order valence-electron chi connectivity index (χ0n) is 17.0. The van der Waals surface area contributed by atoms with E-state index in [2.05, 4.69) is 9.98 Å². The lowest BCUT2D eigenvalue weighted by atomic mass is 9.95. The number of rotatable bonds is 4. The average Bonchev–Trinajstić information content (AvgIpc) is 3.03. The van der Waals surface area contributed by atoms with Crippen LogP contribution >= 0.6 is 11.3 Å². The van der Waals surface area contributed by atoms with Crippen LogP contribution in [0.25, 0.3) is 6.08 Å². The second-order valence-electron chi connectivity index (χ2n) is 7.00. The number of aryl methyl sites for hydroxylation is 1. The summed E-state index contributed by atoms with van der Waals surface area (Å²) in [5.41, 5.74) is 3.53. The molecule has 0 saturated heterocycles. The number of carbonyl (C=O) groups excluding carboxylic acids is 1. The van der Waals surface area contributed by atoms with Crippen molar-refractivity contribution < 1.29 is 9.53 Å². The second kappa shape index (κ2) is 8.20. The van der Waals surface area contributed by atoms with Crippen molar-refractivity contribution in [3.63, 3.8) is 0 Å². The van der Waals surface area contributed by atoms with E-state index in [1.165, 1.54) is 11.3 Å². The van der Waals surface area contributed by atoms with Crippen molar-refractivity contribution in [2.45, 2.75) is 26.8 Å². The van der Waals surface area contributed by atoms with Gasteiger partial charge in [-0.1, -0.05) is 47.2 Å². The minimum atomic E-state index is -0.586. The Morgan fingerprint density at radius 2 is 2.00 bits per heavy atom. The van der Waals surface area contributed by atoms with Crippen molar-refractivity contribution in [2.75, 3.05) is 6.61 Å². The van der Waals surface area contributed by atoms with E-state index >= 15 is 0 Å². The molecule has 0 amide bonds. The third-order valence-electron chi connectivity index (χ3n) is 4.89. The van der Waals surface area contributed by atoms with Crippen molar-refractivity contribution in [1.29, 1.82) is 0 Å². The van der Waals surface area contributed by atoms with E-state index in [9.17, 15) is 9.59 Å². The van der Waals surface area contributed by atoms with Crippen molar-refractivity contribution in [3.8, 4) is 0 Å². The number of esters is 1. The molecule has 1 aromatic carbocycles. The Labute approximate surface area is 177 Å². The molecule has 0 N–H and O–H groups in total. The lowest BCUT2D eigenvalue weighted by Crippen LogP contribution is -2.39. The van der Waals surface area contributed by atoms with E-state index in [0.29, 0.717) is 20.6 Å². The number of carbonyl (C=O) groups is 1. The lowest BCUT2D eigenvalue weighted by molar-refractivity contribution is -0.139. The summed E-state index contributed by atoms with van der Waals surface area (Å²) < 4.78 is 7.43. The molecule has 0 spiro atoms. The maximum absolute atomic E-state index is 13.4.